The fourth-order valence-corrected chi connectivity index (χ4v) is 9.40. The Balaban J connectivity index is 1.23. The van der Waals surface area contributed by atoms with Gasteiger partial charge in [-0.1, -0.05) is 43.9 Å². The summed E-state index contributed by atoms with van der Waals surface area (Å²) in [5.74, 6) is -0.560. The van der Waals surface area contributed by atoms with Crippen molar-refractivity contribution in [3.8, 4) is 0 Å². The molecule has 4 amide bonds. The SMILES string of the molecule is CN(C)C(=O)CCc1ccc2c3c([nH]c2c1)[C@]1(CCC2CCCC2)[C@@H](C(=O)N2CCOCC2)C[C@H](CC(=O)NCCc2ccccn2)C(=O)N1CC3. The molecule has 3 aromatic rings. The number of hydrogen-bond donors (Lipinski definition) is 2. The van der Waals surface area contributed by atoms with Crippen molar-refractivity contribution in [2.24, 2.45) is 17.8 Å². The molecule has 11 nitrogen and oxygen atoms in total. The van der Waals surface area contributed by atoms with Gasteiger partial charge in [0.1, 0.15) is 0 Å². The van der Waals surface area contributed by atoms with Gasteiger partial charge in [-0.25, -0.2) is 0 Å². The van der Waals surface area contributed by atoms with E-state index in [4.69, 9.17) is 4.74 Å². The molecule has 7 rings (SSSR count). The first-order valence-corrected chi connectivity index (χ1v) is 19.4. The molecule has 4 aliphatic rings. The van der Waals surface area contributed by atoms with Crippen LogP contribution in [0.15, 0.2) is 42.6 Å². The zero-order chi connectivity index (χ0) is 36.2. The molecule has 3 aliphatic heterocycles. The van der Waals surface area contributed by atoms with Crippen LogP contribution in [0.1, 0.15) is 80.3 Å². The van der Waals surface area contributed by atoms with E-state index in [-0.39, 0.29) is 30.0 Å². The smallest absolute Gasteiger partial charge is 0.228 e. The van der Waals surface area contributed by atoms with Crippen molar-refractivity contribution in [2.45, 2.75) is 82.6 Å². The lowest BCUT2D eigenvalue weighted by Gasteiger charge is -2.56. The fraction of sp³-hybridized carbons (Fsp3) is 0.585. The van der Waals surface area contributed by atoms with Gasteiger partial charge < -0.3 is 29.7 Å². The number of carbonyl (C=O) groups excluding carboxylic acids is 4. The molecule has 2 saturated heterocycles. The second-order valence-electron chi connectivity index (χ2n) is 15.5. The minimum atomic E-state index is -0.839. The van der Waals surface area contributed by atoms with Crippen molar-refractivity contribution in [2.75, 3.05) is 53.5 Å². The minimum Gasteiger partial charge on any atom is -0.378 e. The average Bonchev–Trinajstić information content (AvgIpc) is 3.83. The lowest BCUT2D eigenvalue weighted by atomic mass is 9.64. The Morgan fingerprint density at radius 1 is 1.06 bits per heavy atom. The van der Waals surface area contributed by atoms with E-state index < -0.39 is 17.4 Å². The number of benzene rings is 1. The summed E-state index contributed by atoms with van der Waals surface area (Å²) in [6.45, 7) is 2.98. The molecule has 3 atom stereocenters. The summed E-state index contributed by atoms with van der Waals surface area (Å²) in [7, 11) is 3.56. The van der Waals surface area contributed by atoms with E-state index in [0.29, 0.717) is 83.8 Å². The van der Waals surface area contributed by atoms with Crippen molar-refractivity contribution in [3.63, 3.8) is 0 Å². The highest BCUT2D eigenvalue weighted by Gasteiger charge is 2.59. The van der Waals surface area contributed by atoms with Crippen LogP contribution in [0.5, 0.6) is 0 Å². The van der Waals surface area contributed by atoms with Crippen LogP contribution in [0.4, 0.5) is 0 Å². The quantitative estimate of drug-likeness (QED) is 0.288. The van der Waals surface area contributed by atoms with Crippen LogP contribution in [0.25, 0.3) is 10.9 Å². The summed E-state index contributed by atoms with van der Waals surface area (Å²) in [5, 5.41) is 4.14. The van der Waals surface area contributed by atoms with Crippen LogP contribution in [0.2, 0.25) is 0 Å². The van der Waals surface area contributed by atoms with Gasteiger partial charge in [-0.15, -0.1) is 0 Å². The first-order valence-electron chi connectivity index (χ1n) is 19.4. The predicted molar refractivity (Wildman–Crippen MR) is 198 cm³/mol. The van der Waals surface area contributed by atoms with Gasteiger partial charge in [-0.3, -0.25) is 24.2 Å². The molecule has 0 bridgehead atoms. The molecule has 2 N–H and O–H groups in total. The zero-order valence-electron chi connectivity index (χ0n) is 30.8. The summed E-state index contributed by atoms with van der Waals surface area (Å²) in [6, 6.07) is 12.1. The summed E-state index contributed by atoms with van der Waals surface area (Å²) in [6.07, 6.45) is 10.9. The molecule has 1 aromatic carbocycles. The van der Waals surface area contributed by atoms with Crippen molar-refractivity contribution >= 4 is 34.5 Å². The maximum Gasteiger partial charge on any atom is 0.228 e. The van der Waals surface area contributed by atoms with Gasteiger partial charge in [0.05, 0.1) is 24.7 Å². The molecule has 278 valence electrons. The number of aromatic amines is 1. The van der Waals surface area contributed by atoms with Gasteiger partial charge in [-0.05, 0) is 67.3 Å². The number of nitrogens with one attached hydrogen (secondary N) is 2. The third-order valence-corrected chi connectivity index (χ3v) is 12.2. The standard InChI is InChI=1S/C41H54N6O5/c1-45(2)37(49)13-11-29-10-12-32-33-16-20-47-39(50)30(27-36(48)43-19-15-31-9-5-6-18-42-31)26-34(40(51)46-21-23-52-24-22-46)41(47,38(33)44-35(32)25-29)17-14-28-7-3-4-8-28/h5-6,9-10,12,18,25,28,30,34,44H,3-4,7-8,11,13-17,19-24,26-27H2,1-2H3,(H,43,48)/t30-,34-,41+/m1/s1. The fourth-order valence-electron chi connectivity index (χ4n) is 9.40. The summed E-state index contributed by atoms with van der Waals surface area (Å²) in [4.78, 5) is 69.2. The molecule has 5 heterocycles. The van der Waals surface area contributed by atoms with Crippen LogP contribution in [-0.4, -0.2) is 102 Å². The number of morpholine rings is 1. The normalized spacial score (nSPS) is 23.4. The summed E-state index contributed by atoms with van der Waals surface area (Å²) in [5.41, 5.74) is 4.30. The number of H-pyrrole nitrogens is 1. The lowest BCUT2D eigenvalue weighted by Crippen LogP contribution is -2.66. The first-order chi connectivity index (χ1) is 25.2. The van der Waals surface area contributed by atoms with Crippen LogP contribution in [-0.2, 0) is 48.7 Å². The van der Waals surface area contributed by atoms with Gasteiger partial charge in [-0.2, -0.15) is 0 Å². The van der Waals surface area contributed by atoms with E-state index in [2.05, 4.69) is 33.5 Å². The molecule has 2 aromatic heterocycles. The van der Waals surface area contributed by atoms with Crippen LogP contribution < -0.4 is 5.32 Å². The second-order valence-corrected chi connectivity index (χ2v) is 15.5. The third-order valence-electron chi connectivity index (χ3n) is 12.2. The number of fused-ring (bicyclic) bond motifs is 5. The van der Waals surface area contributed by atoms with Crippen LogP contribution in [0, 0.1) is 17.8 Å². The maximum atomic E-state index is 14.9. The molecule has 11 heteroatoms. The Hall–Kier alpha value is -4.25. The third kappa shape index (κ3) is 7.34. The Morgan fingerprint density at radius 2 is 1.87 bits per heavy atom. The maximum absolute atomic E-state index is 14.9. The number of nitrogens with zero attached hydrogens (tertiary/aromatic N) is 4. The Morgan fingerprint density at radius 3 is 2.62 bits per heavy atom. The molecular formula is C41H54N6O5. The average molecular weight is 711 g/mol. The van der Waals surface area contributed by atoms with Gasteiger partial charge in [0, 0.05) is 93.9 Å². The Labute approximate surface area is 306 Å². The predicted octanol–water partition coefficient (Wildman–Crippen LogP) is 4.38. The zero-order valence-corrected chi connectivity index (χ0v) is 30.8. The van der Waals surface area contributed by atoms with E-state index in [9.17, 15) is 19.2 Å². The second kappa shape index (κ2) is 15.8. The van der Waals surface area contributed by atoms with Crippen molar-refractivity contribution in [1.82, 2.24) is 30.0 Å². The van der Waals surface area contributed by atoms with E-state index >= 15 is 0 Å². The largest absolute Gasteiger partial charge is 0.378 e. The molecule has 3 fully saturated rings. The lowest BCUT2D eigenvalue weighted by molar-refractivity contribution is -0.169. The van der Waals surface area contributed by atoms with Crippen molar-refractivity contribution in [3.05, 3.63) is 65.1 Å². The number of carbonyl (C=O) groups is 4. The molecule has 52 heavy (non-hydrogen) atoms. The molecule has 0 spiro atoms. The highest BCUT2D eigenvalue weighted by atomic mass is 16.5. The number of aryl methyl sites for hydroxylation is 1. The Bertz CT molecular complexity index is 1760. The van der Waals surface area contributed by atoms with E-state index in [0.717, 1.165) is 34.3 Å². The number of amides is 4. The van der Waals surface area contributed by atoms with Gasteiger partial charge in [0.25, 0.3) is 0 Å². The topological polar surface area (TPSA) is 128 Å². The number of pyridine rings is 1. The van der Waals surface area contributed by atoms with Crippen molar-refractivity contribution < 1.29 is 23.9 Å². The molecular weight excluding hydrogens is 656 g/mol. The Kier molecular flexibility index (Phi) is 11.0. The number of ether oxygens (including phenoxy) is 1. The number of piperidine rings is 1. The van der Waals surface area contributed by atoms with Crippen LogP contribution in [0.3, 0.4) is 0 Å². The monoisotopic (exact) mass is 710 g/mol. The van der Waals surface area contributed by atoms with Gasteiger partial charge in [0.15, 0.2) is 0 Å². The van der Waals surface area contributed by atoms with Crippen LogP contribution >= 0.6 is 0 Å². The summed E-state index contributed by atoms with van der Waals surface area (Å²) < 4.78 is 5.65. The summed E-state index contributed by atoms with van der Waals surface area (Å²) >= 11 is 0. The highest BCUT2D eigenvalue weighted by molar-refractivity contribution is 5.93. The van der Waals surface area contributed by atoms with Gasteiger partial charge in [0.2, 0.25) is 23.6 Å². The van der Waals surface area contributed by atoms with E-state index in [1.807, 2.05) is 28.0 Å². The highest BCUT2D eigenvalue weighted by Crippen LogP contribution is 2.54. The molecule has 0 radical (unpaired) electrons. The minimum absolute atomic E-state index is 0.0236. The molecule has 1 aliphatic carbocycles. The first kappa shape index (κ1) is 36.1. The van der Waals surface area contributed by atoms with Crippen molar-refractivity contribution in [1.29, 1.82) is 0 Å². The number of hydrogen-bond acceptors (Lipinski definition) is 6. The van der Waals surface area contributed by atoms with Gasteiger partial charge >= 0.3 is 0 Å². The van der Waals surface area contributed by atoms with E-state index in [1.165, 1.54) is 31.2 Å². The number of aromatic nitrogens is 2. The van der Waals surface area contributed by atoms with E-state index in [1.54, 1.807) is 25.2 Å². The number of rotatable bonds is 12. The molecule has 1 saturated carbocycles. The molecule has 0 unspecified atom stereocenters.